The highest BCUT2D eigenvalue weighted by atomic mass is 32.1. The lowest BCUT2D eigenvalue weighted by molar-refractivity contribution is -0.120. The van der Waals surface area contributed by atoms with E-state index in [1.165, 1.54) is 11.3 Å². The molecule has 0 aliphatic carbocycles. The predicted octanol–water partition coefficient (Wildman–Crippen LogP) is 5.67. The van der Waals surface area contributed by atoms with Crippen molar-refractivity contribution in [2.24, 2.45) is 5.92 Å². The van der Waals surface area contributed by atoms with Gasteiger partial charge in [-0.1, -0.05) is 26.0 Å². The third kappa shape index (κ3) is 4.93. The van der Waals surface area contributed by atoms with Crippen LogP contribution in [0.3, 0.4) is 0 Å². The molecule has 1 amide bonds. The van der Waals surface area contributed by atoms with Crippen LogP contribution in [-0.2, 0) is 9.53 Å². The summed E-state index contributed by atoms with van der Waals surface area (Å²) in [6.45, 7) is 10.5. The first-order valence-corrected chi connectivity index (χ1v) is 10.6. The van der Waals surface area contributed by atoms with Crippen LogP contribution in [0.5, 0.6) is 5.75 Å². The van der Waals surface area contributed by atoms with Crippen molar-refractivity contribution in [3.63, 3.8) is 0 Å². The molecule has 0 fully saturated rings. The second-order valence-electron chi connectivity index (χ2n) is 6.42. The summed E-state index contributed by atoms with van der Waals surface area (Å²) in [6, 6.07) is 7.62. The summed E-state index contributed by atoms with van der Waals surface area (Å²) < 4.78 is 10.8. The average Bonchev–Trinajstić information content (AvgIpc) is 2.99. The van der Waals surface area contributed by atoms with Crippen molar-refractivity contribution in [1.82, 2.24) is 0 Å². The summed E-state index contributed by atoms with van der Waals surface area (Å²) in [7, 11) is 0. The maximum Gasteiger partial charge on any atom is 0.341 e. The van der Waals surface area contributed by atoms with Crippen LogP contribution in [0.1, 0.15) is 55.8 Å². The molecule has 1 aromatic heterocycles. The molecule has 28 heavy (non-hydrogen) atoms. The van der Waals surface area contributed by atoms with E-state index in [4.69, 9.17) is 9.47 Å². The van der Waals surface area contributed by atoms with Gasteiger partial charge in [-0.3, -0.25) is 4.79 Å². The lowest BCUT2D eigenvalue weighted by atomic mass is 10.0. The molecule has 0 saturated heterocycles. The molecule has 0 unspecified atom stereocenters. The van der Waals surface area contributed by atoms with Crippen molar-refractivity contribution in [2.45, 2.75) is 47.5 Å². The monoisotopic (exact) mass is 403 g/mol. The lowest BCUT2D eigenvalue weighted by Gasteiger charge is -2.13. The third-order valence-corrected chi connectivity index (χ3v) is 5.63. The molecule has 0 aliphatic rings. The number of thiophene rings is 1. The highest BCUT2D eigenvalue weighted by molar-refractivity contribution is 7.17. The highest BCUT2D eigenvalue weighted by Crippen LogP contribution is 2.41. The summed E-state index contributed by atoms with van der Waals surface area (Å²) in [4.78, 5) is 26.3. The standard InChI is InChI=1S/C22H29NO4S/c1-6-15(7-2)20(24)23-21-19(22(25)27-9-4)18(14(5)28-21)16-10-12-17(13-11-16)26-8-3/h10-13,15H,6-9H2,1-5H3,(H,23,24). The van der Waals surface area contributed by atoms with Gasteiger partial charge in [-0.15, -0.1) is 11.3 Å². The van der Waals surface area contributed by atoms with Crippen LogP contribution in [0.25, 0.3) is 11.1 Å². The maximum atomic E-state index is 12.7. The van der Waals surface area contributed by atoms with Gasteiger partial charge >= 0.3 is 5.97 Å². The van der Waals surface area contributed by atoms with E-state index in [-0.39, 0.29) is 18.4 Å². The average molecular weight is 404 g/mol. The van der Waals surface area contributed by atoms with Gasteiger partial charge in [-0.25, -0.2) is 4.79 Å². The molecule has 2 rings (SSSR count). The van der Waals surface area contributed by atoms with Crippen LogP contribution in [0.2, 0.25) is 0 Å². The number of carbonyl (C=O) groups is 2. The normalized spacial score (nSPS) is 10.8. The Morgan fingerprint density at radius 2 is 1.68 bits per heavy atom. The Hall–Kier alpha value is -2.34. The first-order chi connectivity index (χ1) is 13.5. The van der Waals surface area contributed by atoms with Crippen molar-refractivity contribution in [1.29, 1.82) is 0 Å². The van der Waals surface area contributed by atoms with Crippen molar-refractivity contribution in [3.05, 3.63) is 34.7 Å². The molecule has 0 aliphatic heterocycles. The molecule has 0 spiro atoms. The van der Waals surface area contributed by atoms with Crippen LogP contribution < -0.4 is 10.1 Å². The number of nitrogens with one attached hydrogen (secondary N) is 1. The summed E-state index contributed by atoms with van der Waals surface area (Å²) >= 11 is 1.41. The van der Waals surface area contributed by atoms with Crippen molar-refractivity contribution >= 4 is 28.2 Å². The Bertz CT molecular complexity index is 807. The molecule has 1 heterocycles. The number of amides is 1. The van der Waals surface area contributed by atoms with Gasteiger partial charge in [0.2, 0.25) is 5.91 Å². The zero-order chi connectivity index (χ0) is 20.7. The third-order valence-electron chi connectivity index (χ3n) is 4.61. The molecular formula is C22H29NO4S. The summed E-state index contributed by atoms with van der Waals surface area (Å²) in [5, 5.41) is 3.52. The largest absolute Gasteiger partial charge is 0.494 e. The van der Waals surface area contributed by atoms with Gasteiger partial charge in [0.05, 0.1) is 13.2 Å². The van der Waals surface area contributed by atoms with Crippen LogP contribution in [0, 0.1) is 12.8 Å². The molecule has 0 atom stereocenters. The first kappa shape index (κ1) is 22.0. The van der Waals surface area contributed by atoms with Crippen molar-refractivity contribution in [3.8, 4) is 16.9 Å². The molecule has 152 valence electrons. The van der Waals surface area contributed by atoms with E-state index in [0.717, 1.165) is 34.6 Å². The van der Waals surface area contributed by atoms with Gasteiger partial charge < -0.3 is 14.8 Å². The van der Waals surface area contributed by atoms with Crippen molar-refractivity contribution < 1.29 is 19.1 Å². The van der Waals surface area contributed by atoms with E-state index in [0.29, 0.717) is 17.2 Å². The Morgan fingerprint density at radius 1 is 1.04 bits per heavy atom. The number of anilines is 1. The maximum absolute atomic E-state index is 12.7. The second kappa shape index (κ2) is 10.3. The molecule has 6 heteroatoms. The summed E-state index contributed by atoms with van der Waals surface area (Å²) in [5.74, 6) is 0.219. The van der Waals surface area contributed by atoms with Gasteiger partial charge in [0.25, 0.3) is 0 Å². The van der Waals surface area contributed by atoms with Gasteiger partial charge in [0.15, 0.2) is 0 Å². The minimum absolute atomic E-state index is 0.0601. The number of aryl methyl sites for hydroxylation is 1. The number of ether oxygens (including phenoxy) is 2. The fraction of sp³-hybridized carbons (Fsp3) is 0.455. The first-order valence-electron chi connectivity index (χ1n) is 9.81. The second-order valence-corrected chi connectivity index (χ2v) is 7.64. The van der Waals surface area contributed by atoms with Crippen molar-refractivity contribution in [2.75, 3.05) is 18.5 Å². The van der Waals surface area contributed by atoms with E-state index in [9.17, 15) is 9.59 Å². The van der Waals surface area contributed by atoms with Gasteiger partial charge in [0.1, 0.15) is 16.3 Å². The molecule has 0 radical (unpaired) electrons. The summed E-state index contributed by atoms with van der Waals surface area (Å²) in [6.07, 6.45) is 1.51. The molecule has 1 aromatic carbocycles. The quantitative estimate of drug-likeness (QED) is 0.548. The minimum Gasteiger partial charge on any atom is -0.494 e. The Labute approximate surface area is 171 Å². The van der Waals surface area contributed by atoms with Crippen LogP contribution in [-0.4, -0.2) is 25.1 Å². The Kier molecular flexibility index (Phi) is 8.05. The molecule has 0 saturated carbocycles. The van der Waals surface area contributed by atoms with Crippen LogP contribution in [0.15, 0.2) is 24.3 Å². The Balaban J connectivity index is 2.48. The minimum atomic E-state index is -0.421. The molecule has 1 N–H and O–H groups in total. The number of rotatable bonds is 9. The van der Waals surface area contributed by atoms with Gasteiger partial charge in [-0.2, -0.15) is 0 Å². The fourth-order valence-corrected chi connectivity index (χ4v) is 4.20. The smallest absolute Gasteiger partial charge is 0.341 e. The van der Waals surface area contributed by atoms with E-state index in [1.807, 2.05) is 52.0 Å². The fourth-order valence-electron chi connectivity index (χ4n) is 3.14. The number of hydrogen-bond donors (Lipinski definition) is 1. The van der Waals surface area contributed by atoms with Crippen LogP contribution >= 0.6 is 11.3 Å². The van der Waals surface area contributed by atoms with Gasteiger partial charge in [-0.05, 0) is 51.3 Å². The van der Waals surface area contributed by atoms with E-state index >= 15 is 0 Å². The zero-order valence-corrected chi connectivity index (χ0v) is 18.1. The summed E-state index contributed by atoms with van der Waals surface area (Å²) in [5.41, 5.74) is 2.11. The van der Waals surface area contributed by atoms with E-state index in [1.54, 1.807) is 6.92 Å². The van der Waals surface area contributed by atoms with Crippen LogP contribution in [0.4, 0.5) is 5.00 Å². The number of carbonyl (C=O) groups excluding carboxylic acids is 2. The topological polar surface area (TPSA) is 64.6 Å². The number of hydrogen-bond acceptors (Lipinski definition) is 5. The van der Waals surface area contributed by atoms with E-state index in [2.05, 4.69) is 5.32 Å². The molecule has 2 aromatic rings. The molecule has 5 nitrogen and oxygen atoms in total. The molecule has 0 bridgehead atoms. The number of benzene rings is 1. The lowest BCUT2D eigenvalue weighted by Crippen LogP contribution is -2.22. The SMILES string of the molecule is CCOC(=O)c1c(NC(=O)C(CC)CC)sc(C)c1-c1ccc(OCC)cc1. The predicted molar refractivity (Wildman–Crippen MR) is 114 cm³/mol. The van der Waals surface area contributed by atoms with Gasteiger partial charge in [0, 0.05) is 16.4 Å². The molecular weight excluding hydrogens is 374 g/mol. The number of esters is 1. The zero-order valence-electron chi connectivity index (χ0n) is 17.3. The highest BCUT2D eigenvalue weighted by Gasteiger charge is 2.26. The Morgan fingerprint density at radius 3 is 2.21 bits per heavy atom. The van der Waals surface area contributed by atoms with E-state index < -0.39 is 5.97 Å².